The van der Waals surface area contributed by atoms with E-state index in [0.29, 0.717) is 19.3 Å². The molecule has 0 aliphatic rings. The Hall–Kier alpha value is -3.41. The lowest BCUT2D eigenvalue weighted by atomic mass is 10.0. The SMILES string of the molecule is CC/C=C\C/C=C\C/C=C\C/C=C\CCCCC(=O)OC(COC(=O)CCCCCCC/C=C\C/C=C\C/C=C\CC)COC(=O)CCCCCCCCCCCCCCCCCCC. The number of carbonyl (C=O) groups is 3. The van der Waals surface area contributed by atoms with Gasteiger partial charge in [0.25, 0.3) is 0 Å². The van der Waals surface area contributed by atoms with Crippen LogP contribution in [0.15, 0.2) is 85.1 Å². The van der Waals surface area contributed by atoms with E-state index < -0.39 is 6.10 Å². The van der Waals surface area contributed by atoms with E-state index in [9.17, 15) is 14.4 Å². The van der Waals surface area contributed by atoms with Gasteiger partial charge in [0.1, 0.15) is 13.2 Å². The van der Waals surface area contributed by atoms with E-state index in [1.54, 1.807) is 0 Å². The molecule has 1 unspecified atom stereocenters. The Morgan fingerprint density at radius 1 is 0.323 bits per heavy atom. The first-order valence-electron chi connectivity index (χ1n) is 27.1. The summed E-state index contributed by atoms with van der Waals surface area (Å²) in [6, 6.07) is 0. The maximum atomic E-state index is 12.8. The number of ether oxygens (including phenoxy) is 3. The third-order valence-corrected chi connectivity index (χ3v) is 11.4. The highest BCUT2D eigenvalue weighted by Crippen LogP contribution is 2.15. The largest absolute Gasteiger partial charge is 0.462 e. The van der Waals surface area contributed by atoms with Gasteiger partial charge >= 0.3 is 17.9 Å². The summed E-state index contributed by atoms with van der Waals surface area (Å²) in [5.41, 5.74) is 0. The maximum Gasteiger partial charge on any atom is 0.306 e. The molecule has 0 heterocycles. The second kappa shape index (κ2) is 53.2. The minimum Gasteiger partial charge on any atom is -0.462 e. The standard InChI is InChI=1S/C59H100O6/c1-4-7-10-13-16-19-22-25-28-29-32-34-37-40-43-46-49-52-58(61)64-55-56(65-59(62)53-50-47-44-41-38-35-31-27-24-21-18-15-12-9-6-3)54-63-57(60)51-48-45-42-39-36-33-30-26-23-20-17-14-11-8-5-2/h8-9,11-12,17-18,20-21,26-27,30-31,38,41,56H,4-7,10,13-16,19,22-25,28-29,32-37,39-40,42-55H2,1-3H3/b11-8-,12-9-,20-17-,21-18-,30-26-,31-27-,41-38-. The molecule has 0 aromatic rings. The van der Waals surface area contributed by atoms with Crippen molar-refractivity contribution < 1.29 is 28.6 Å². The third kappa shape index (κ3) is 51.4. The van der Waals surface area contributed by atoms with Gasteiger partial charge in [0, 0.05) is 19.3 Å². The molecule has 0 saturated heterocycles. The van der Waals surface area contributed by atoms with E-state index in [4.69, 9.17) is 14.2 Å². The zero-order chi connectivity index (χ0) is 47.2. The molecule has 0 saturated carbocycles. The third-order valence-electron chi connectivity index (χ3n) is 11.4. The van der Waals surface area contributed by atoms with Crippen LogP contribution in [0.3, 0.4) is 0 Å². The summed E-state index contributed by atoms with van der Waals surface area (Å²) >= 11 is 0. The zero-order valence-electron chi connectivity index (χ0n) is 42.5. The maximum absolute atomic E-state index is 12.8. The Morgan fingerprint density at radius 3 is 0.969 bits per heavy atom. The van der Waals surface area contributed by atoms with E-state index >= 15 is 0 Å². The molecule has 0 aliphatic heterocycles. The van der Waals surface area contributed by atoms with Gasteiger partial charge in [-0.2, -0.15) is 0 Å². The quantitative estimate of drug-likeness (QED) is 0.0262. The van der Waals surface area contributed by atoms with Crippen molar-refractivity contribution in [2.75, 3.05) is 13.2 Å². The second-order valence-electron chi connectivity index (χ2n) is 17.7. The van der Waals surface area contributed by atoms with Crippen LogP contribution in [-0.4, -0.2) is 37.2 Å². The molecule has 6 nitrogen and oxygen atoms in total. The lowest BCUT2D eigenvalue weighted by molar-refractivity contribution is -0.167. The van der Waals surface area contributed by atoms with Crippen LogP contribution in [0, 0.1) is 0 Å². The Kier molecular flexibility index (Phi) is 50.4. The fourth-order valence-corrected chi connectivity index (χ4v) is 7.39. The number of rotatable bonds is 48. The lowest BCUT2D eigenvalue weighted by Gasteiger charge is -2.18. The van der Waals surface area contributed by atoms with Crippen molar-refractivity contribution in [3.8, 4) is 0 Å². The number of carbonyl (C=O) groups excluding carboxylic acids is 3. The molecule has 6 heteroatoms. The summed E-state index contributed by atoms with van der Waals surface area (Å²) < 4.78 is 16.8. The number of unbranched alkanes of at least 4 members (excludes halogenated alkanes) is 23. The molecular formula is C59H100O6. The molecule has 65 heavy (non-hydrogen) atoms. The van der Waals surface area contributed by atoms with Crippen molar-refractivity contribution in [3.63, 3.8) is 0 Å². The zero-order valence-corrected chi connectivity index (χ0v) is 42.5. The fourth-order valence-electron chi connectivity index (χ4n) is 7.39. The summed E-state index contributed by atoms with van der Waals surface area (Å²) in [7, 11) is 0. The molecule has 0 rings (SSSR count). The monoisotopic (exact) mass is 905 g/mol. The van der Waals surface area contributed by atoms with Gasteiger partial charge in [0.15, 0.2) is 6.10 Å². The Morgan fingerprint density at radius 2 is 0.600 bits per heavy atom. The fraction of sp³-hybridized carbons (Fsp3) is 0.712. The van der Waals surface area contributed by atoms with Gasteiger partial charge in [-0.1, -0.05) is 228 Å². The molecule has 0 fully saturated rings. The summed E-state index contributed by atoms with van der Waals surface area (Å²) in [5, 5.41) is 0. The minimum atomic E-state index is -0.804. The highest BCUT2D eigenvalue weighted by Gasteiger charge is 2.19. The van der Waals surface area contributed by atoms with Crippen LogP contribution in [-0.2, 0) is 28.6 Å². The highest BCUT2D eigenvalue weighted by atomic mass is 16.6. The van der Waals surface area contributed by atoms with E-state index in [-0.39, 0.29) is 37.5 Å². The van der Waals surface area contributed by atoms with Crippen molar-refractivity contribution in [3.05, 3.63) is 85.1 Å². The van der Waals surface area contributed by atoms with E-state index in [2.05, 4.69) is 106 Å². The molecule has 0 bridgehead atoms. The molecule has 0 aromatic carbocycles. The molecule has 372 valence electrons. The Balaban J connectivity index is 4.45. The van der Waals surface area contributed by atoms with Gasteiger partial charge in [-0.3, -0.25) is 14.4 Å². The van der Waals surface area contributed by atoms with Crippen LogP contribution in [0.5, 0.6) is 0 Å². The van der Waals surface area contributed by atoms with Crippen LogP contribution < -0.4 is 0 Å². The van der Waals surface area contributed by atoms with Gasteiger partial charge in [-0.25, -0.2) is 0 Å². The predicted octanol–water partition coefficient (Wildman–Crippen LogP) is 18.0. The second-order valence-corrected chi connectivity index (χ2v) is 17.7. The molecule has 0 aromatic heterocycles. The number of allylic oxidation sites excluding steroid dienone is 14. The molecule has 0 aliphatic carbocycles. The van der Waals surface area contributed by atoms with Crippen LogP contribution in [0.25, 0.3) is 0 Å². The van der Waals surface area contributed by atoms with E-state index in [1.165, 1.54) is 89.9 Å². The topological polar surface area (TPSA) is 78.9 Å². The van der Waals surface area contributed by atoms with Crippen LogP contribution >= 0.6 is 0 Å². The van der Waals surface area contributed by atoms with Gasteiger partial charge in [-0.15, -0.1) is 0 Å². The van der Waals surface area contributed by atoms with Gasteiger partial charge < -0.3 is 14.2 Å². The van der Waals surface area contributed by atoms with Crippen molar-refractivity contribution in [2.45, 2.75) is 258 Å². The minimum absolute atomic E-state index is 0.0974. The van der Waals surface area contributed by atoms with Gasteiger partial charge in [0.2, 0.25) is 0 Å². The smallest absolute Gasteiger partial charge is 0.306 e. The number of hydrogen-bond acceptors (Lipinski definition) is 6. The Labute approximate surface area is 401 Å². The van der Waals surface area contributed by atoms with Crippen LogP contribution in [0.1, 0.15) is 252 Å². The number of hydrogen-bond donors (Lipinski definition) is 0. The molecular weight excluding hydrogens is 805 g/mol. The molecule has 0 spiro atoms. The van der Waals surface area contributed by atoms with Crippen molar-refractivity contribution in [1.29, 1.82) is 0 Å². The number of esters is 3. The van der Waals surface area contributed by atoms with E-state index in [1.807, 2.05) is 0 Å². The van der Waals surface area contributed by atoms with E-state index in [0.717, 1.165) is 116 Å². The molecule has 0 radical (unpaired) electrons. The van der Waals surface area contributed by atoms with Crippen molar-refractivity contribution in [1.82, 2.24) is 0 Å². The molecule has 0 N–H and O–H groups in total. The van der Waals surface area contributed by atoms with Crippen LogP contribution in [0.2, 0.25) is 0 Å². The van der Waals surface area contributed by atoms with Gasteiger partial charge in [0.05, 0.1) is 0 Å². The summed E-state index contributed by atoms with van der Waals surface area (Å²) in [6.45, 7) is 6.37. The first kappa shape index (κ1) is 61.6. The predicted molar refractivity (Wildman–Crippen MR) is 279 cm³/mol. The lowest BCUT2D eigenvalue weighted by Crippen LogP contribution is -2.30. The van der Waals surface area contributed by atoms with Gasteiger partial charge in [-0.05, 0) is 89.9 Å². The summed E-state index contributed by atoms with van der Waals surface area (Å²) in [6.07, 6.45) is 68.6. The molecule has 0 amide bonds. The molecule has 1 atom stereocenters. The highest BCUT2D eigenvalue weighted by molar-refractivity contribution is 5.71. The first-order chi connectivity index (χ1) is 32.0. The van der Waals surface area contributed by atoms with Crippen molar-refractivity contribution >= 4 is 17.9 Å². The summed E-state index contributed by atoms with van der Waals surface area (Å²) in [5.74, 6) is -0.953. The Bertz CT molecular complexity index is 1270. The van der Waals surface area contributed by atoms with Crippen LogP contribution in [0.4, 0.5) is 0 Å². The van der Waals surface area contributed by atoms with Crippen molar-refractivity contribution in [2.24, 2.45) is 0 Å². The average Bonchev–Trinajstić information content (AvgIpc) is 3.30. The first-order valence-corrected chi connectivity index (χ1v) is 27.1. The summed E-state index contributed by atoms with van der Waals surface area (Å²) in [4.78, 5) is 38.1. The normalized spacial score (nSPS) is 12.7. The average molecular weight is 905 g/mol.